The second-order valence-electron chi connectivity index (χ2n) is 4.49. The molecule has 0 bridgehead atoms. The van der Waals surface area contributed by atoms with Crippen molar-refractivity contribution in [3.05, 3.63) is 33.8 Å². The number of ether oxygens (including phenoxy) is 1. The molecule has 0 aromatic heterocycles. The van der Waals surface area contributed by atoms with Gasteiger partial charge in [-0.3, -0.25) is 4.90 Å². The first-order chi connectivity index (χ1) is 9.20. The number of hydrogen-bond acceptors (Lipinski definition) is 2. The first kappa shape index (κ1) is 17.6. The van der Waals surface area contributed by atoms with Crippen molar-refractivity contribution in [1.29, 1.82) is 0 Å². The van der Waals surface area contributed by atoms with E-state index in [1.807, 2.05) is 17.9 Å². The molecule has 0 saturated carbocycles. The summed E-state index contributed by atoms with van der Waals surface area (Å²) in [6, 6.07) is 5.13. The van der Waals surface area contributed by atoms with Crippen LogP contribution >= 0.6 is 23.2 Å². The summed E-state index contributed by atoms with van der Waals surface area (Å²) in [6.07, 6.45) is -4.29. The topological polar surface area (TPSA) is 12.5 Å². The van der Waals surface area contributed by atoms with Crippen LogP contribution in [0.5, 0.6) is 0 Å². The molecule has 0 N–H and O–H groups in total. The van der Waals surface area contributed by atoms with Gasteiger partial charge in [0.2, 0.25) is 0 Å². The normalized spacial score (nSPS) is 13.8. The molecule has 0 saturated heterocycles. The molecule has 2 nitrogen and oxygen atoms in total. The largest absolute Gasteiger partial charge is 0.411 e. The Kier molecular flexibility index (Phi) is 6.58. The molecule has 0 amide bonds. The van der Waals surface area contributed by atoms with E-state index in [0.717, 1.165) is 5.56 Å². The Morgan fingerprint density at radius 2 is 1.95 bits per heavy atom. The van der Waals surface area contributed by atoms with Crippen molar-refractivity contribution in [1.82, 2.24) is 4.90 Å². The first-order valence-electron chi connectivity index (χ1n) is 6.00. The van der Waals surface area contributed by atoms with Crippen LogP contribution in [0.15, 0.2) is 18.2 Å². The maximum Gasteiger partial charge on any atom is 0.411 e. The lowest BCUT2D eigenvalue weighted by atomic mass is 10.1. The van der Waals surface area contributed by atoms with Crippen molar-refractivity contribution in [2.75, 3.05) is 26.8 Å². The minimum absolute atomic E-state index is 0.00551. The van der Waals surface area contributed by atoms with Gasteiger partial charge in [0.05, 0.1) is 6.61 Å². The first-order valence-corrected chi connectivity index (χ1v) is 6.76. The summed E-state index contributed by atoms with van der Waals surface area (Å²) >= 11 is 11.9. The molecular formula is C13H16Cl2F3NO. The Hall–Kier alpha value is -0.490. The molecule has 1 aromatic rings. The summed E-state index contributed by atoms with van der Waals surface area (Å²) < 4.78 is 40.4. The van der Waals surface area contributed by atoms with Gasteiger partial charge in [-0.2, -0.15) is 13.2 Å². The monoisotopic (exact) mass is 329 g/mol. The molecule has 0 aliphatic rings. The van der Waals surface area contributed by atoms with Gasteiger partial charge >= 0.3 is 6.18 Å². The van der Waals surface area contributed by atoms with E-state index in [-0.39, 0.29) is 12.6 Å². The highest BCUT2D eigenvalue weighted by molar-refractivity contribution is 6.35. The molecule has 0 aliphatic carbocycles. The van der Waals surface area contributed by atoms with Crippen LogP contribution in [0.4, 0.5) is 13.2 Å². The average molecular weight is 330 g/mol. The van der Waals surface area contributed by atoms with E-state index in [9.17, 15) is 13.2 Å². The molecule has 0 spiro atoms. The Morgan fingerprint density at radius 1 is 1.30 bits per heavy atom. The smallest absolute Gasteiger partial charge is 0.371 e. The minimum atomic E-state index is -4.29. The zero-order valence-electron chi connectivity index (χ0n) is 11.2. The third-order valence-corrected chi connectivity index (χ3v) is 3.49. The van der Waals surface area contributed by atoms with Crippen LogP contribution in [0.1, 0.15) is 18.5 Å². The lowest BCUT2D eigenvalue weighted by Gasteiger charge is -2.25. The Morgan fingerprint density at radius 3 is 2.50 bits per heavy atom. The third-order valence-electron chi connectivity index (χ3n) is 2.93. The van der Waals surface area contributed by atoms with Crippen LogP contribution < -0.4 is 0 Å². The Bertz CT molecular complexity index is 440. The zero-order valence-corrected chi connectivity index (χ0v) is 12.7. The van der Waals surface area contributed by atoms with E-state index in [1.165, 1.54) is 0 Å². The number of rotatable bonds is 6. The van der Waals surface area contributed by atoms with Crippen LogP contribution in [0, 0.1) is 0 Å². The Balaban J connectivity index is 2.48. The fraction of sp³-hybridized carbons (Fsp3) is 0.538. The van der Waals surface area contributed by atoms with Crippen LogP contribution in [0.3, 0.4) is 0 Å². The molecule has 7 heteroatoms. The van der Waals surface area contributed by atoms with Crippen molar-refractivity contribution in [2.45, 2.75) is 19.1 Å². The van der Waals surface area contributed by atoms with Gasteiger partial charge in [-0.25, -0.2) is 0 Å². The number of alkyl halides is 3. The van der Waals surface area contributed by atoms with Gasteiger partial charge in [0, 0.05) is 22.6 Å². The van der Waals surface area contributed by atoms with Gasteiger partial charge in [-0.1, -0.05) is 29.3 Å². The fourth-order valence-corrected chi connectivity index (χ4v) is 2.23. The van der Waals surface area contributed by atoms with Gasteiger partial charge in [0.1, 0.15) is 6.61 Å². The van der Waals surface area contributed by atoms with Gasteiger partial charge in [0.15, 0.2) is 0 Å². The third kappa shape index (κ3) is 5.87. The summed E-state index contributed by atoms with van der Waals surface area (Å²) in [6.45, 7) is 1.07. The van der Waals surface area contributed by atoms with E-state index in [0.29, 0.717) is 16.6 Å². The predicted molar refractivity (Wildman–Crippen MR) is 74.4 cm³/mol. The molecule has 1 atom stereocenters. The summed E-state index contributed by atoms with van der Waals surface area (Å²) in [5.74, 6) is 0. The van der Waals surface area contributed by atoms with Gasteiger partial charge < -0.3 is 4.74 Å². The number of likely N-dealkylation sites (N-methyl/N-ethyl adjacent to an activating group) is 1. The van der Waals surface area contributed by atoms with Crippen LogP contribution in [-0.4, -0.2) is 37.9 Å². The lowest BCUT2D eigenvalue weighted by Crippen LogP contribution is -2.28. The molecule has 114 valence electrons. The highest BCUT2D eigenvalue weighted by Crippen LogP contribution is 2.28. The standard InChI is InChI=1S/C13H16Cl2F3NO/c1-9(11-4-3-10(14)7-12(11)15)19(2)5-6-20-8-13(16,17)18/h3-4,7,9H,5-6,8H2,1-2H3. The van der Waals surface area contributed by atoms with Gasteiger partial charge in [-0.15, -0.1) is 0 Å². The van der Waals surface area contributed by atoms with Crippen LogP contribution in [0.25, 0.3) is 0 Å². The maximum atomic E-state index is 11.9. The quantitative estimate of drug-likeness (QED) is 0.709. The van der Waals surface area contributed by atoms with Crippen molar-refractivity contribution in [3.63, 3.8) is 0 Å². The van der Waals surface area contributed by atoms with E-state index < -0.39 is 12.8 Å². The van der Waals surface area contributed by atoms with Crippen LogP contribution in [-0.2, 0) is 4.74 Å². The van der Waals surface area contributed by atoms with Crippen molar-refractivity contribution in [3.8, 4) is 0 Å². The molecule has 0 fully saturated rings. The summed E-state index contributed by atoms with van der Waals surface area (Å²) in [5, 5.41) is 1.08. The molecule has 0 radical (unpaired) electrons. The number of halogens is 5. The predicted octanol–water partition coefficient (Wildman–Crippen LogP) is 4.57. The second-order valence-corrected chi connectivity index (χ2v) is 5.33. The maximum absolute atomic E-state index is 11.9. The minimum Gasteiger partial charge on any atom is -0.371 e. The molecule has 1 aromatic carbocycles. The van der Waals surface area contributed by atoms with Crippen LogP contribution in [0.2, 0.25) is 10.0 Å². The van der Waals surface area contributed by atoms with Crippen molar-refractivity contribution < 1.29 is 17.9 Å². The van der Waals surface area contributed by atoms with E-state index in [1.54, 1.807) is 19.2 Å². The molecule has 0 heterocycles. The van der Waals surface area contributed by atoms with Gasteiger partial charge in [0.25, 0.3) is 0 Å². The molecule has 1 unspecified atom stereocenters. The molecule has 20 heavy (non-hydrogen) atoms. The molecular weight excluding hydrogens is 314 g/mol. The second kappa shape index (κ2) is 7.50. The van der Waals surface area contributed by atoms with Crippen molar-refractivity contribution >= 4 is 23.2 Å². The molecule has 0 aliphatic heterocycles. The Labute approximate surface area is 126 Å². The summed E-state index contributed by atoms with van der Waals surface area (Å²) in [5.41, 5.74) is 0.870. The summed E-state index contributed by atoms with van der Waals surface area (Å²) in [4.78, 5) is 1.87. The SMILES string of the molecule is CC(c1ccc(Cl)cc1Cl)N(C)CCOCC(F)(F)F. The number of nitrogens with zero attached hydrogens (tertiary/aromatic N) is 1. The van der Waals surface area contributed by atoms with E-state index in [4.69, 9.17) is 23.2 Å². The number of benzene rings is 1. The summed E-state index contributed by atoms with van der Waals surface area (Å²) in [7, 11) is 1.80. The fourth-order valence-electron chi connectivity index (χ4n) is 1.67. The van der Waals surface area contributed by atoms with Crippen molar-refractivity contribution in [2.24, 2.45) is 0 Å². The van der Waals surface area contributed by atoms with E-state index in [2.05, 4.69) is 4.74 Å². The zero-order chi connectivity index (χ0) is 15.3. The highest BCUT2D eigenvalue weighted by atomic mass is 35.5. The molecule has 1 rings (SSSR count). The van der Waals surface area contributed by atoms with E-state index >= 15 is 0 Å². The lowest BCUT2D eigenvalue weighted by molar-refractivity contribution is -0.174. The highest BCUT2D eigenvalue weighted by Gasteiger charge is 2.27. The average Bonchev–Trinajstić information content (AvgIpc) is 2.32. The van der Waals surface area contributed by atoms with Gasteiger partial charge in [-0.05, 0) is 31.7 Å². The number of hydrogen-bond donors (Lipinski definition) is 0.